The summed E-state index contributed by atoms with van der Waals surface area (Å²) < 4.78 is 36.8. The van der Waals surface area contributed by atoms with Crippen LogP contribution >= 0.6 is 0 Å². The largest absolute Gasteiger partial charge is 0.469 e. The Morgan fingerprint density at radius 1 is 1.08 bits per heavy atom. The lowest BCUT2D eigenvalue weighted by Crippen LogP contribution is -2.42. The molecule has 2 aliphatic rings. The van der Waals surface area contributed by atoms with Crippen molar-refractivity contribution in [3.05, 3.63) is 65.5 Å². The molecule has 2 aromatic heterocycles. The van der Waals surface area contributed by atoms with Crippen molar-refractivity contribution in [1.29, 1.82) is 0 Å². The number of hydrogen-bond donors (Lipinski definition) is 1. The Kier molecular flexibility index (Phi) is 7.85. The normalized spacial score (nSPS) is 17.3. The van der Waals surface area contributed by atoms with Crippen LogP contribution in [0.2, 0.25) is 0 Å². The van der Waals surface area contributed by atoms with Gasteiger partial charge in [-0.05, 0) is 79.7 Å². The van der Waals surface area contributed by atoms with E-state index < -0.39 is 17.5 Å². The Balaban J connectivity index is 1.11. The van der Waals surface area contributed by atoms with Crippen molar-refractivity contribution < 1.29 is 27.5 Å². The summed E-state index contributed by atoms with van der Waals surface area (Å²) in [5, 5.41) is 10.3. The summed E-state index contributed by atoms with van der Waals surface area (Å²) in [5.41, 5.74) is 1.28. The van der Waals surface area contributed by atoms with Gasteiger partial charge in [-0.25, -0.2) is 13.8 Å². The summed E-state index contributed by atoms with van der Waals surface area (Å²) in [5.74, 6) is -1.45. The number of hydrogen-bond acceptors (Lipinski definition) is 8. The van der Waals surface area contributed by atoms with Crippen LogP contribution in [0.25, 0.3) is 0 Å². The van der Waals surface area contributed by atoms with Gasteiger partial charge in [-0.15, -0.1) is 10.2 Å². The van der Waals surface area contributed by atoms with Gasteiger partial charge in [-0.2, -0.15) is 0 Å². The fraction of sp³-hybridized carbons (Fsp3) is 0.464. The van der Waals surface area contributed by atoms with Gasteiger partial charge in [0.05, 0.1) is 25.4 Å². The van der Waals surface area contributed by atoms with E-state index in [0.717, 1.165) is 69.6 Å². The number of pyridine rings is 1. The highest BCUT2D eigenvalue weighted by atomic mass is 19.2. The van der Waals surface area contributed by atoms with Gasteiger partial charge in [0.25, 0.3) is 0 Å². The molecule has 3 aromatic rings. The Morgan fingerprint density at radius 3 is 2.51 bits per heavy atom. The van der Waals surface area contributed by atoms with Crippen molar-refractivity contribution in [1.82, 2.24) is 15.2 Å². The average molecular weight is 540 g/mol. The van der Waals surface area contributed by atoms with E-state index in [-0.39, 0.29) is 24.2 Å². The second-order valence-electron chi connectivity index (χ2n) is 10.5. The van der Waals surface area contributed by atoms with Crippen LogP contribution in [0, 0.1) is 23.0 Å². The molecule has 1 amide bonds. The highest BCUT2D eigenvalue weighted by molar-refractivity contribution is 6.00. The van der Waals surface area contributed by atoms with E-state index in [2.05, 4.69) is 25.4 Å². The van der Waals surface area contributed by atoms with Gasteiger partial charge in [0, 0.05) is 19.5 Å². The predicted molar refractivity (Wildman–Crippen MR) is 138 cm³/mol. The molecule has 1 saturated heterocycles. The fourth-order valence-corrected chi connectivity index (χ4v) is 5.60. The topological polar surface area (TPSA) is 110 Å². The van der Waals surface area contributed by atoms with Crippen LogP contribution in [-0.2, 0) is 16.0 Å². The average Bonchev–Trinajstić information content (AvgIpc) is 3.42. The molecule has 0 bridgehead atoms. The third-order valence-corrected chi connectivity index (χ3v) is 8.00. The number of benzene rings is 1. The van der Waals surface area contributed by atoms with Gasteiger partial charge in [-0.3, -0.25) is 9.59 Å². The number of aromatic nitrogens is 3. The molecule has 0 unspecified atom stereocenters. The van der Waals surface area contributed by atoms with Crippen molar-refractivity contribution in [3.63, 3.8) is 0 Å². The molecule has 39 heavy (non-hydrogen) atoms. The molecule has 5 rings (SSSR count). The summed E-state index contributed by atoms with van der Waals surface area (Å²) >= 11 is 0. The molecule has 206 valence electrons. The first-order valence-corrected chi connectivity index (χ1v) is 13.2. The van der Waals surface area contributed by atoms with E-state index in [0.29, 0.717) is 29.0 Å². The molecule has 11 heteroatoms. The van der Waals surface area contributed by atoms with E-state index in [4.69, 9.17) is 9.15 Å². The smallest absolute Gasteiger partial charge is 0.313 e. The number of esters is 1. The van der Waals surface area contributed by atoms with Gasteiger partial charge in [-0.1, -0.05) is 6.07 Å². The molecule has 1 aliphatic carbocycles. The minimum Gasteiger partial charge on any atom is -0.469 e. The highest BCUT2D eigenvalue weighted by Crippen LogP contribution is 2.47. The van der Waals surface area contributed by atoms with Crippen LogP contribution in [0.4, 0.5) is 20.3 Å². The van der Waals surface area contributed by atoms with Crippen LogP contribution in [-0.4, -0.2) is 47.3 Å². The number of piperidine rings is 1. The maximum absolute atomic E-state index is 13.4. The number of rotatable bonds is 7. The second kappa shape index (κ2) is 11.5. The van der Waals surface area contributed by atoms with Crippen LogP contribution in [0.15, 0.2) is 40.9 Å². The summed E-state index contributed by atoms with van der Waals surface area (Å²) in [6.45, 7) is 1.84. The monoisotopic (exact) mass is 539 g/mol. The quantitative estimate of drug-likeness (QED) is 0.421. The lowest BCUT2D eigenvalue weighted by Gasteiger charge is -2.46. The Hall–Kier alpha value is -3.89. The third kappa shape index (κ3) is 6.40. The van der Waals surface area contributed by atoms with Crippen molar-refractivity contribution in [2.24, 2.45) is 11.3 Å². The number of carbonyl (C=O) groups is 2. The fourth-order valence-electron chi connectivity index (χ4n) is 5.60. The van der Waals surface area contributed by atoms with E-state index in [1.54, 1.807) is 12.3 Å². The van der Waals surface area contributed by atoms with Crippen molar-refractivity contribution >= 4 is 23.4 Å². The van der Waals surface area contributed by atoms with E-state index in [1.807, 2.05) is 6.07 Å². The molecule has 1 spiro atoms. The van der Waals surface area contributed by atoms with Crippen molar-refractivity contribution in [3.8, 4) is 0 Å². The van der Waals surface area contributed by atoms with Gasteiger partial charge in [0.15, 0.2) is 11.6 Å². The first-order chi connectivity index (χ1) is 18.8. The zero-order valence-corrected chi connectivity index (χ0v) is 21.8. The number of nitrogens with zero attached hydrogens (tertiary/aromatic N) is 4. The molecule has 3 heterocycles. The molecular weight excluding hydrogens is 508 g/mol. The zero-order valence-electron chi connectivity index (χ0n) is 21.8. The summed E-state index contributed by atoms with van der Waals surface area (Å²) in [4.78, 5) is 31.0. The Bertz CT molecular complexity index is 1310. The molecule has 0 radical (unpaired) electrons. The van der Waals surface area contributed by atoms with Gasteiger partial charge in [0.1, 0.15) is 5.82 Å². The van der Waals surface area contributed by atoms with Crippen molar-refractivity contribution in [2.75, 3.05) is 30.4 Å². The van der Waals surface area contributed by atoms with E-state index in [1.165, 1.54) is 13.2 Å². The van der Waals surface area contributed by atoms with Crippen LogP contribution in [0.3, 0.4) is 0 Å². The Labute approximate surface area is 225 Å². The number of amides is 1. The first kappa shape index (κ1) is 26.7. The second-order valence-corrected chi connectivity index (χ2v) is 10.5. The molecule has 9 nitrogen and oxygen atoms in total. The number of ether oxygens (including phenoxy) is 1. The first-order valence-electron chi connectivity index (χ1n) is 13.2. The molecule has 2 fully saturated rings. The van der Waals surface area contributed by atoms with E-state index in [9.17, 15) is 18.4 Å². The molecule has 1 saturated carbocycles. The molecule has 0 atom stereocenters. The number of anilines is 2. The summed E-state index contributed by atoms with van der Waals surface area (Å²) in [7, 11) is 1.45. The SMILES string of the molecule is COC(=O)CC1CCC2(CC1)CCN(c1ccc(NC(=O)c3nnc(Cc4ccc(F)c(F)c4)o3)cn1)CC2. The minimum atomic E-state index is -0.968. The lowest BCUT2D eigenvalue weighted by atomic mass is 9.65. The maximum atomic E-state index is 13.4. The molecular formula is C28H31F2N5O4. The van der Waals surface area contributed by atoms with E-state index >= 15 is 0 Å². The van der Waals surface area contributed by atoms with Gasteiger partial charge >= 0.3 is 17.8 Å². The number of carbonyl (C=O) groups excluding carboxylic acids is 2. The Morgan fingerprint density at radius 2 is 1.85 bits per heavy atom. The van der Waals surface area contributed by atoms with Crippen LogP contribution in [0.5, 0.6) is 0 Å². The summed E-state index contributed by atoms with van der Waals surface area (Å²) in [6.07, 6.45) is 8.84. The van der Waals surface area contributed by atoms with Crippen LogP contribution in [0.1, 0.15) is 67.1 Å². The molecule has 1 aliphatic heterocycles. The van der Waals surface area contributed by atoms with Gasteiger partial charge < -0.3 is 19.4 Å². The number of halogens is 2. The third-order valence-electron chi connectivity index (χ3n) is 8.00. The summed E-state index contributed by atoms with van der Waals surface area (Å²) in [6, 6.07) is 7.14. The highest BCUT2D eigenvalue weighted by Gasteiger charge is 2.38. The zero-order chi connectivity index (χ0) is 27.4. The predicted octanol–water partition coefficient (Wildman–Crippen LogP) is 4.93. The number of nitrogens with one attached hydrogen (secondary N) is 1. The van der Waals surface area contributed by atoms with Crippen LogP contribution < -0.4 is 10.2 Å². The molecule has 1 N–H and O–H groups in total. The van der Waals surface area contributed by atoms with Crippen molar-refractivity contribution in [2.45, 2.75) is 51.4 Å². The maximum Gasteiger partial charge on any atom is 0.313 e. The van der Waals surface area contributed by atoms with Gasteiger partial charge in [0.2, 0.25) is 5.89 Å². The standard InChI is InChI=1S/C28H31F2N5O4/c1-38-25(36)16-18-6-8-28(9-7-18)10-12-35(13-11-28)23-5-3-20(17-31-23)32-26(37)27-34-33-24(39-27)15-19-2-4-21(29)22(30)14-19/h2-5,14,17-18H,6-13,15-16H2,1H3,(H,32,37). The number of methoxy groups -OCH3 is 1. The lowest BCUT2D eigenvalue weighted by molar-refractivity contribution is -0.142. The minimum absolute atomic E-state index is 0.0684. The molecule has 1 aromatic carbocycles.